The molecule has 0 aliphatic carbocycles. The molecule has 2 rings (SSSR count). The SMILES string of the molecule is CCCc1cc2cc[nH]c(=O)c2n1COCC[Si](C)(C)C. The van der Waals surface area contributed by atoms with E-state index >= 15 is 0 Å². The van der Waals surface area contributed by atoms with Crippen LogP contribution in [0.25, 0.3) is 10.9 Å². The number of nitrogens with one attached hydrogen (secondary N) is 1. The standard InChI is InChI=1S/C16H26N2O2Si/c1-5-6-14-11-13-7-8-17-16(19)15(13)18(14)12-20-9-10-21(2,3)4/h7-8,11H,5-6,9-10,12H2,1-4H3,(H,17,19). The molecular formula is C16H26N2O2Si. The maximum absolute atomic E-state index is 12.1. The highest BCUT2D eigenvalue weighted by Gasteiger charge is 2.14. The highest BCUT2D eigenvalue weighted by molar-refractivity contribution is 6.76. The lowest BCUT2D eigenvalue weighted by Gasteiger charge is -2.16. The Hall–Kier alpha value is -1.33. The molecule has 0 bridgehead atoms. The van der Waals surface area contributed by atoms with E-state index in [2.05, 4.69) is 37.6 Å². The molecule has 0 aliphatic rings. The number of aryl methyl sites for hydroxylation is 1. The third-order valence-corrected chi connectivity index (χ3v) is 5.33. The Morgan fingerprint density at radius 1 is 1.33 bits per heavy atom. The molecule has 0 saturated carbocycles. The number of H-pyrrole nitrogens is 1. The van der Waals surface area contributed by atoms with Crippen LogP contribution < -0.4 is 5.56 Å². The molecule has 0 unspecified atom stereocenters. The van der Waals surface area contributed by atoms with Crippen molar-refractivity contribution in [2.24, 2.45) is 0 Å². The fraction of sp³-hybridized carbons (Fsp3) is 0.562. The Balaban J connectivity index is 2.20. The van der Waals surface area contributed by atoms with Gasteiger partial charge in [0.25, 0.3) is 5.56 Å². The summed E-state index contributed by atoms with van der Waals surface area (Å²) in [7, 11) is -1.07. The van der Waals surface area contributed by atoms with Crippen molar-refractivity contribution in [3.63, 3.8) is 0 Å². The molecule has 1 N–H and O–H groups in total. The lowest BCUT2D eigenvalue weighted by atomic mass is 10.2. The van der Waals surface area contributed by atoms with E-state index in [9.17, 15) is 4.79 Å². The molecule has 5 heteroatoms. The van der Waals surface area contributed by atoms with Crippen molar-refractivity contribution in [1.29, 1.82) is 0 Å². The van der Waals surface area contributed by atoms with E-state index in [1.807, 2.05) is 10.6 Å². The van der Waals surface area contributed by atoms with Gasteiger partial charge < -0.3 is 14.3 Å². The highest BCUT2D eigenvalue weighted by Crippen LogP contribution is 2.18. The summed E-state index contributed by atoms with van der Waals surface area (Å²) >= 11 is 0. The Bertz CT molecular complexity index is 652. The summed E-state index contributed by atoms with van der Waals surface area (Å²) in [6, 6.07) is 5.20. The van der Waals surface area contributed by atoms with Crippen molar-refractivity contribution in [3.05, 3.63) is 34.4 Å². The van der Waals surface area contributed by atoms with Gasteiger partial charge >= 0.3 is 0 Å². The van der Waals surface area contributed by atoms with Crippen LogP contribution in [0.1, 0.15) is 19.0 Å². The summed E-state index contributed by atoms with van der Waals surface area (Å²) in [5.41, 5.74) is 1.87. The van der Waals surface area contributed by atoms with E-state index in [0.29, 0.717) is 6.73 Å². The molecule has 0 radical (unpaired) electrons. The van der Waals surface area contributed by atoms with Gasteiger partial charge in [-0.25, -0.2) is 0 Å². The number of hydrogen-bond donors (Lipinski definition) is 1. The predicted octanol–water partition coefficient (Wildman–Crippen LogP) is 3.59. The molecule has 0 amide bonds. The number of rotatable bonds is 7. The topological polar surface area (TPSA) is 47.0 Å². The summed E-state index contributed by atoms with van der Waals surface area (Å²) in [6.45, 7) is 10.4. The predicted molar refractivity (Wildman–Crippen MR) is 90.7 cm³/mol. The van der Waals surface area contributed by atoms with E-state index in [-0.39, 0.29) is 5.56 Å². The minimum Gasteiger partial charge on any atom is -0.361 e. The minimum absolute atomic E-state index is 0.0383. The minimum atomic E-state index is -1.07. The maximum Gasteiger partial charge on any atom is 0.272 e. The summed E-state index contributed by atoms with van der Waals surface area (Å²) in [6.07, 6.45) is 3.73. The molecule has 2 aromatic rings. The van der Waals surface area contributed by atoms with Crippen molar-refractivity contribution in [1.82, 2.24) is 9.55 Å². The van der Waals surface area contributed by atoms with Crippen LogP contribution in [0.3, 0.4) is 0 Å². The van der Waals surface area contributed by atoms with E-state index in [4.69, 9.17) is 4.74 Å². The second-order valence-electron chi connectivity index (χ2n) is 6.77. The van der Waals surface area contributed by atoms with Crippen LogP contribution in [0, 0.1) is 0 Å². The first-order valence-electron chi connectivity index (χ1n) is 7.70. The third-order valence-electron chi connectivity index (χ3n) is 3.63. The Kier molecular flexibility index (Phi) is 5.06. The lowest BCUT2D eigenvalue weighted by Crippen LogP contribution is -2.22. The van der Waals surface area contributed by atoms with E-state index in [0.717, 1.165) is 36.4 Å². The van der Waals surface area contributed by atoms with Crippen molar-refractivity contribution in [2.45, 2.75) is 52.2 Å². The number of fused-ring (bicyclic) bond motifs is 1. The van der Waals surface area contributed by atoms with Gasteiger partial charge in [-0.1, -0.05) is 33.0 Å². The average molecular weight is 306 g/mol. The maximum atomic E-state index is 12.1. The highest BCUT2D eigenvalue weighted by atomic mass is 28.3. The fourth-order valence-electron chi connectivity index (χ4n) is 2.43. The van der Waals surface area contributed by atoms with Crippen molar-refractivity contribution in [2.75, 3.05) is 6.61 Å². The molecule has 0 saturated heterocycles. The van der Waals surface area contributed by atoms with E-state index < -0.39 is 8.07 Å². The Morgan fingerprint density at radius 2 is 2.10 bits per heavy atom. The monoisotopic (exact) mass is 306 g/mol. The van der Waals surface area contributed by atoms with Crippen LogP contribution in [0.2, 0.25) is 25.7 Å². The van der Waals surface area contributed by atoms with Gasteiger partial charge in [-0.3, -0.25) is 4.79 Å². The lowest BCUT2D eigenvalue weighted by molar-refractivity contribution is 0.0883. The van der Waals surface area contributed by atoms with Crippen LogP contribution in [0.5, 0.6) is 0 Å². The van der Waals surface area contributed by atoms with Gasteiger partial charge in [0, 0.05) is 32.0 Å². The number of aromatic amines is 1. The molecule has 0 spiro atoms. The normalized spacial score (nSPS) is 12.2. The first-order chi connectivity index (χ1) is 9.92. The number of pyridine rings is 1. The smallest absolute Gasteiger partial charge is 0.272 e. The second-order valence-corrected chi connectivity index (χ2v) is 12.4. The zero-order valence-corrected chi connectivity index (χ0v) is 14.5. The van der Waals surface area contributed by atoms with Crippen molar-refractivity contribution in [3.8, 4) is 0 Å². The number of aromatic nitrogens is 2. The van der Waals surface area contributed by atoms with Gasteiger partial charge in [-0.2, -0.15) is 0 Å². The molecule has 116 valence electrons. The number of ether oxygens (including phenoxy) is 1. The van der Waals surface area contributed by atoms with Gasteiger partial charge in [-0.15, -0.1) is 0 Å². The van der Waals surface area contributed by atoms with Gasteiger partial charge in [0.1, 0.15) is 12.2 Å². The molecular weight excluding hydrogens is 280 g/mol. The largest absolute Gasteiger partial charge is 0.361 e. The molecule has 21 heavy (non-hydrogen) atoms. The summed E-state index contributed by atoms with van der Waals surface area (Å²) < 4.78 is 7.88. The average Bonchev–Trinajstić information content (AvgIpc) is 2.73. The van der Waals surface area contributed by atoms with E-state index in [1.165, 1.54) is 5.69 Å². The third kappa shape index (κ3) is 4.08. The van der Waals surface area contributed by atoms with Gasteiger partial charge in [0.15, 0.2) is 0 Å². The molecule has 2 heterocycles. The number of hydrogen-bond acceptors (Lipinski definition) is 2. The molecule has 0 aliphatic heterocycles. The van der Waals surface area contributed by atoms with Crippen molar-refractivity contribution < 1.29 is 4.74 Å². The van der Waals surface area contributed by atoms with Gasteiger partial charge in [0.2, 0.25) is 0 Å². The number of nitrogens with zero attached hydrogens (tertiary/aromatic N) is 1. The van der Waals surface area contributed by atoms with Crippen molar-refractivity contribution >= 4 is 19.0 Å². The van der Waals surface area contributed by atoms with Crippen LogP contribution in [0.4, 0.5) is 0 Å². The van der Waals surface area contributed by atoms with Crippen LogP contribution in [-0.4, -0.2) is 24.2 Å². The van der Waals surface area contributed by atoms with Crippen LogP contribution >= 0.6 is 0 Å². The van der Waals surface area contributed by atoms with E-state index in [1.54, 1.807) is 6.20 Å². The second kappa shape index (κ2) is 6.62. The fourth-order valence-corrected chi connectivity index (χ4v) is 3.18. The van der Waals surface area contributed by atoms with Gasteiger partial charge in [0.05, 0.1) is 0 Å². The zero-order chi connectivity index (χ0) is 15.5. The molecule has 4 nitrogen and oxygen atoms in total. The molecule has 2 aromatic heterocycles. The quantitative estimate of drug-likeness (QED) is 0.627. The molecule has 0 fully saturated rings. The van der Waals surface area contributed by atoms with Gasteiger partial charge in [-0.05, 0) is 24.6 Å². The zero-order valence-electron chi connectivity index (χ0n) is 13.5. The molecule has 0 aromatic carbocycles. The Labute approximate surface area is 127 Å². The van der Waals surface area contributed by atoms with Crippen LogP contribution in [0.15, 0.2) is 23.1 Å². The molecule has 0 atom stereocenters. The summed E-state index contributed by atoms with van der Waals surface area (Å²) in [4.78, 5) is 14.8. The summed E-state index contributed by atoms with van der Waals surface area (Å²) in [5.74, 6) is 0. The summed E-state index contributed by atoms with van der Waals surface area (Å²) in [5, 5.41) is 0.996. The Morgan fingerprint density at radius 3 is 2.76 bits per heavy atom. The van der Waals surface area contributed by atoms with Crippen LogP contribution in [-0.2, 0) is 17.9 Å². The first kappa shape index (κ1) is 16.0. The first-order valence-corrected chi connectivity index (χ1v) is 11.4.